The van der Waals surface area contributed by atoms with E-state index >= 15 is 0 Å². The van der Waals surface area contributed by atoms with E-state index in [4.69, 9.17) is 4.52 Å². The zero-order valence-electron chi connectivity index (χ0n) is 13.6. The van der Waals surface area contributed by atoms with Gasteiger partial charge in [-0.15, -0.1) is 0 Å². The van der Waals surface area contributed by atoms with Gasteiger partial charge in [0.25, 0.3) is 0 Å². The Labute approximate surface area is 140 Å². The average Bonchev–Trinajstić information content (AvgIpc) is 2.98. The van der Waals surface area contributed by atoms with Crippen LogP contribution in [0.3, 0.4) is 0 Å². The lowest BCUT2D eigenvalue weighted by Crippen LogP contribution is -2.52. The van der Waals surface area contributed by atoms with E-state index in [0.29, 0.717) is 42.5 Å². The largest absolute Gasteiger partial charge is 0.339 e. The number of hydrogen-bond acceptors (Lipinski definition) is 6. The van der Waals surface area contributed by atoms with Crippen LogP contribution in [-0.4, -0.2) is 43.0 Å². The van der Waals surface area contributed by atoms with Gasteiger partial charge in [0.15, 0.2) is 0 Å². The molecule has 2 aliphatic carbocycles. The second-order valence-electron chi connectivity index (χ2n) is 6.55. The lowest BCUT2D eigenvalue weighted by atomic mass is 9.84. The van der Waals surface area contributed by atoms with Gasteiger partial charge in [-0.1, -0.05) is 5.16 Å². The van der Waals surface area contributed by atoms with Crippen LogP contribution >= 0.6 is 0 Å². The van der Waals surface area contributed by atoms with Crippen molar-refractivity contribution in [1.29, 1.82) is 0 Å². The fraction of sp³-hybridized carbons (Fsp3) is 0.588. The van der Waals surface area contributed by atoms with E-state index in [0.717, 1.165) is 25.7 Å². The minimum Gasteiger partial charge on any atom is -0.339 e. The molecule has 0 bridgehead atoms. The van der Waals surface area contributed by atoms with Gasteiger partial charge in [0.2, 0.25) is 23.4 Å². The van der Waals surface area contributed by atoms with Crippen LogP contribution in [0.25, 0.3) is 11.6 Å². The Morgan fingerprint density at radius 1 is 1.08 bits per heavy atom. The standard InChI is InChI=1S/C17H21N5O2/c23-15(22(12-4-1-5-12)13-6-2-7-13)9-8-14-20-17(21-24-14)16-18-10-3-11-19-16/h3,10-13H,1-2,4-9H2. The topological polar surface area (TPSA) is 85.0 Å². The normalized spacial score (nSPS) is 18.0. The molecular weight excluding hydrogens is 306 g/mol. The lowest BCUT2D eigenvalue weighted by Gasteiger charge is -2.46. The summed E-state index contributed by atoms with van der Waals surface area (Å²) < 4.78 is 5.24. The summed E-state index contributed by atoms with van der Waals surface area (Å²) in [5.74, 6) is 1.49. The van der Waals surface area contributed by atoms with Crippen LogP contribution in [0, 0.1) is 0 Å². The van der Waals surface area contributed by atoms with E-state index in [9.17, 15) is 4.79 Å². The van der Waals surface area contributed by atoms with Crippen LogP contribution in [0.4, 0.5) is 0 Å². The van der Waals surface area contributed by atoms with Gasteiger partial charge >= 0.3 is 0 Å². The molecule has 0 spiro atoms. The Bertz CT molecular complexity index is 680. The molecule has 2 heterocycles. The highest BCUT2D eigenvalue weighted by atomic mass is 16.5. The van der Waals surface area contributed by atoms with Gasteiger partial charge in [0.05, 0.1) is 0 Å². The minimum absolute atomic E-state index is 0.222. The number of amides is 1. The Morgan fingerprint density at radius 3 is 2.33 bits per heavy atom. The quantitative estimate of drug-likeness (QED) is 0.810. The van der Waals surface area contributed by atoms with Gasteiger partial charge in [0, 0.05) is 37.3 Å². The molecule has 0 radical (unpaired) electrons. The molecular formula is C17H21N5O2. The van der Waals surface area contributed by atoms with Crippen LogP contribution in [-0.2, 0) is 11.2 Å². The summed E-state index contributed by atoms with van der Waals surface area (Å²) in [6, 6.07) is 2.65. The highest BCUT2D eigenvalue weighted by molar-refractivity contribution is 5.77. The molecule has 7 heteroatoms. The molecule has 1 amide bonds. The van der Waals surface area contributed by atoms with Crippen LogP contribution < -0.4 is 0 Å². The van der Waals surface area contributed by atoms with Gasteiger partial charge in [-0.3, -0.25) is 4.79 Å². The van der Waals surface area contributed by atoms with E-state index in [-0.39, 0.29) is 5.91 Å². The predicted octanol–water partition coefficient (Wildman–Crippen LogP) is 2.39. The number of nitrogens with zero attached hydrogens (tertiary/aromatic N) is 5. The van der Waals surface area contributed by atoms with Crippen molar-refractivity contribution < 1.29 is 9.32 Å². The van der Waals surface area contributed by atoms with Crippen LogP contribution in [0.1, 0.15) is 50.8 Å². The number of hydrogen-bond donors (Lipinski definition) is 0. The molecule has 2 aliphatic rings. The monoisotopic (exact) mass is 327 g/mol. The summed E-state index contributed by atoms with van der Waals surface area (Å²) in [6.45, 7) is 0. The number of aryl methyl sites for hydroxylation is 1. The van der Waals surface area contributed by atoms with E-state index in [2.05, 4.69) is 25.0 Å². The molecule has 0 saturated heterocycles. The molecule has 2 fully saturated rings. The van der Waals surface area contributed by atoms with Crippen molar-refractivity contribution in [3.63, 3.8) is 0 Å². The first-order valence-corrected chi connectivity index (χ1v) is 8.72. The maximum absolute atomic E-state index is 12.7. The number of carbonyl (C=O) groups is 1. The van der Waals surface area contributed by atoms with Gasteiger partial charge in [-0.25, -0.2) is 9.97 Å². The maximum atomic E-state index is 12.7. The minimum atomic E-state index is 0.222. The molecule has 0 aromatic carbocycles. The summed E-state index contributed by atoms with van der Waals surface area (Å²) in [5, 5.41) is 3.90. The molecule has 4 rings (SSSR count). The van der Waals surface area contributed by atoms with Gasteiger partial charge < -0.3 is 9.42 Å². The first kappa shape index (κ1) is 15.2. The van der Waals surface area contributed by atoms with Crippen molar-refractivity contribution in [2.45, 2.75) is 63.5 Å². The maximum Gasteiger partial charge on any atom is 0.240 e. The Kier molecular flexibility index (Phi) is 4.23. The molecule has 2 saturated carbocycles. The SMILES string of the molecule is O=C(CCc1nc(-c2ncccn2)no1)N(C1CCC1)C1CCC1. The van der Waals surface area contributed by atoms with Crippen molar-refractivity contribution >= 4 is 5.91 Å². The summed E-state index contributed by atoms with van der Waals surface area (Å²) in [6.07, 6.45) is 11.2. The van der Waals surface area contributed by atoms with E-state index in [1.165, 1.54) is 12.8 Å². The molecule has 126 valence electrons. The van der Waals surface area contributed by atoms with Gasteiger partial charge in [-0.05, 0) is 44.6 Å². The van der Waals surface area contributed by atoms with E-state index < -0.39 is 0 Å². The smallest absolute Gasteiger partial charge is 0.240 e. The van der Waals surface area contributed by atoms with Crippen molar-refractivity contribution in [3.05, 3.63) is 24.4 Å². The van der Waals surface area contributed by atoms with Crippen molar-refractivity contribution in [3.8, 4) is 11.6 Å². The third-order valence-electron chi connectivity index (χ3n) is 5.01. The summed E-state index contributed by atoms with van der Waals surface area (Å²) >= 11 is 0. The second-order valence-corrected chi connectivity index (χ2v) is 6.55. The fourth-order valence-electron chi connectivity index (χ4n) is 3.24. The number of aromatic nitrogens is 4. The average molecular weight is 327 g/mol. The first-order chi connectivity index (χ1) is 11.8. The van der Waals surface area contributed by atoms with Gasteiger partial charge in [0.1, 0.15) is 0 Å². The Hall–Kier alpha value is -2.31. The molecule has 2 aromatic heterocycles. The molecule has 0 unspecified atom stereocenters. The summed E-state index contributed by atoms with van der Waals surface area (Å²) in [4.78, 5) is 27.3. The van der Waals surface area contributed by atoms with Crippen LogP contribution in [0.15, 0.2) is 23.0 Å². The van der Waals surface area contributed by atoms with Crippen LogP contribution in [0.5, 0.6) is 0 Å². The third kappa shape index (κ3) is 3.02. The van der Waals surface area contributed by atoms with Crippen LogP contribution in [0.2, 0.25) is 0 Å². The summed E-state index contributed by atoms with van der Waals surface area (Å²) in [7, 11) is 0. The highest BCUT2D eigenvalue weighted by Crippen LogP contribution is 2.34. The Morgan fingerprint density at radius 2 is 1.75 bits per heavy atom. The number of rotatable bonds is 6. The first-order valence-electron chi connectivity index (χ1n) is 8.72. The van der Waals surface area contributed by atoms with Crippen molar-refractivity contribution in [1.82, 2.24) is 25.0 Å². The van der Waals surface area contributed by atoms with E-state index in [1.54, 1.807) is 18.5 Å². The molecule has 2 aromatic rings. The zero-order chi connectivity index (χ0) is 16.4. The lowest BCUT2D eigenvalue weighted by molar-refractivity contribution is -0.140. The molecule has 0 atom stereocenters. The van der Waals surface area contributed by atoms with Crippen molar-refractivity contribution in [2.24, 2.45) is 0 Å². The van der Waals surface area contributed by atoms with Crippen molar-refractivity contribution in [2.75, 3.05) is 0 Å². The molecule has 7 nitrogen and oxygen atoms in total. The molecule has 0 aliphatic heterocycles. The third-order valence-corrected chi connectivity index (χ3v) is 5.01. The number of carbonyl (C=O) groups excluding carboxylic acids is 1. The fourth-order valence-corrected chi connectivity index (χ4v) is 3.24. The predicted molar refractivity (Wildman–Crippen MR) is 85.8 cm³/mol. The van der Waals surface area contributed by atoms with Gasteiger partial charge in [-0.2, -0.15) is 4.98 Å². The highest BCUT2D eigenvalue weighted by Gasteiger charge is 2.36. The molecule has 24 heavy (non-hydrogen) atoms. The zero-order valence-corrected chi connectivity index (χ0v) is 13.6. The Balaban J connectivity index is 1.37. The molecule has 0 N–H and O–H groups in total. The summed E-state index contributed by atoms with van der Waals surface area (Å²) in [5.41, 5.74) is 0. The second kappa shape index (κ2) is 6.67. The van der Waals surface area contributed by atoms with E-state index in [1.807, 2.05) is 0 Å².